The summed E-state index contributed by atoms with van der Waals surface area (Å²) in [6, 6.07) is 0. The van der Waals surface area contributed by atoms with Crippen LogP contribution < -0.4 is 29.6 Å². The van der Waals surface area contributed by atoms with Gasteiger partial charge in [0.05, 0.1) is 21.5 Å². The van der Waals surface area contributed by atoms with E-state index in [0.717, 1.165) is 12.8 Å². The summed E-state index contributed by atoms with van der Waals surface area (Å²) in [4.78, 5) is 0. The quantitative estimate of drug-likeness (QED) is 0.167. The standard InChI is InChI=1S/C23H48O4S.Na/c1-3-5-6-7-8-9-10-11-12-13-14-15-16-17-18-19-20-22(24)21-23(4-2)28(25,26)27;/h22-24H,3-21H2,1-2H3,(H,25,26,27);/q;+1/p-1. The molecule has 0 aromatic heterocycles. The van der Waals surface area contributed by atoms with Gasteiger partial charge in [-0.3, -0.25) is 0 Å². The molecule has 0 rings (SSSR count). The Morgan fingerprint density at radius 2 is 1.03 bits per heavy atom. The number of hydrogen-bond acceptors (Lipinski definition) is 4. The van der Waals surface area contributed by atoms with Gasteiger partial charge in [-0.2, -0.15) is 0 Å². The third kappa shape index (κ3) is 21.9. The third-order valence-electron chi connectivity index (χ3n) is 5.79. The Labute approximate surface area is 204 Å². The fourth-order valence-corrected chi connectivity index (χ4v) is 4.70. The van der Waals surface area contributed by atoms with Crippen LogP contribution in [-0.4, -0.2) is 29.4 Å². The van der Waals surface area contributed by atoms with Crippen molar-refractivity contribution in [1.82, 2.24) is 0 Å². The number of aliphatic hydroxyl groups excluding tert-OH is 1. The molecule has 0 radical (unpaired) electrons. The van der Waals surface area contributed by atoms with E-state index in [4.69, 9.17) is 0 Å². The second-order valence-electron chi connectivity index (χ2n) is 8.50. The SMILES string of the molecule is CCCCCCCCCCCCCCCCCCC(O)CC(CC)S(=O)(=O)[O-].[Na+]. The average Bonchev–Trinajstić information content (AvgIpc) is 2.64. The van der Waals surface area contributed by atoms with Crippen molar-refractivity contribution in [3.63, 3.8) is 0 Å². The van der Waals surface area contributed by atoms with Crippen LogP contribution in [0.5, 0.6) is 0 Å². The first-order valence-electron chi connectivity index (χ1n) is 12.0. The Kier molecular flexibility index (Phi) is 24.4. The fourth-order valence-electron chi connectivity index (χ4n) is 3.84. The summed E-state index contributed by atoms with van der Waals surface area (Å²) < 4.78 is 33.2. The summed E-state index contributed by atoms with van der Waals surface area (Å²) in [7, 11) is -4.28. The summed E-state index contributed by atoms with van der Waals surface area (Å²) in [6.07, 6.45) is 21.3. The van der Waals surface area contributed by atoms with Crippen molar-refractivity contribution < 1.29 is 47.6 Å². The maximum Gasteiger partial charge on any atom is 1.00 e. The molecule has 2 unspecified atom stereocenters. The van der Waals surface area contributed by atoms with E-state index in [1.807, 2.05) is 0 Å². The van der Waals surface area contributed by atoms with Gasteiger partial charge in [-0.05, 0) is 19.3 Å². The second kappa shape index (κ2) is 22.1. The molecule has 0 bridgehead atoms. The predicted octanol–water partition coefficient (Wildman–Crippen LogP) is 3.72. The number of unbranched alkanes of at least 4 members (excludes halogenated alkanes) is 15. The van der Waals surface area contributed by atoms with E-state index < -0.39 is 21.5 Å². The van der Waals surface area contributed by atoms with E-state index in [1.165, 1.54) is 89.9 Å². The van der Waals surface area contributed by atoms with E-state index in [0.29, 0.717) is 6.42 Å². The van der Waals surface area contributed by atoms with Crippen molar-refractivity contribution in [2.24, 2.45) is 0 Å². The molecule has 0 aliphatic carbocycles. The Bertz CT molecular complexity index is 429. The van der Waals surface area contributed by atoms with Crippen LogP contribution in [-0.2, 0) is 10.1 Å². The first kappa shape index (κ1) is 32.1. The smallest absolute Gasteiger partial charge is 0.748 e. The third-order valence-corrected chi connectivity index (χ3v) is 7.13. The van der Waals surface area contributed by atoms with E-state index in [-0.39, 0.29) is 42.4 Å². The predicted molar refractivity (Wildman–Crippen MR) is 119 cm³/mol. The molecule has 29 heavy (non-hydrogen) atoms. The second-order valence-corrected chi connectivity index (χ2v) is 10.2. The molecular formula is C23H47NaO4S. The summed E-state index contributed by atoms with van der Waals surface area (Å²) in [5, 5.41) is 8.98. The summed E-state index contributed by atoms with van der Waals surface area (Å²) in [6.45, 7) is 3.95. The van der Waals surface area contributed by atoms with Crippen molar-refractivity contribution in [3.8, 4) is 0 Å². The van der Waals surface area contributed by atoms with Crippen LogP contribution in [0.4, 0.5) is 0 Å². The van der Waals surface area contributed by atoms with Gasteiger partial charge in [-0.1, -0.05) is 117 Å². The fraction of sp³-hybridized carbons (Fsp3) is 1.00. The normalized spacial score (nSPS) is 13.8. The van der Waals surface area contributed by atoms with Crippen LogP contribution in [0.2, 0.25) is 0 Å². The molecule has 1 N–H and O–H groups in total. The Morgan fingerprint density at radius 3 is 1.34 bits per heavy atom. The molecule has 0 aliphatic heterocycles. The summed E-state index contributed by atoms with van der Waals surface area (Å²) in [5.74, 6) is 0. The molecule has 0 saturated heterocycles. The van der Waals surface area contributed by atoms with Crippen LogP contribution in [0.3, 0.4) is 0 Å². The van der Waals surface area contributed by atoms with Gasteiger partial charge >= 0.3 is 29.6 Å². The molecule has 170 valence electrons. The first-order chi connectivity index (χ1) is 13.4. The van der Waals surface area contributed by atoms with Crippen LogP contribution >= 0.6 is 0 Å². The molecule has 0 spiro atoms. The van der Waals surface area contributed by atoms with E-state index in [1.54, 1.807) is 6.92 Å². The van der Waals surface area contributed by atoms with Crippen molar-refractivity contribution >= 4 is 10.1 Å². The van der Waals surface area contributed by atoms with Gasteiger partial charge in [0.1, 0.15) is 0 Å². The maximum atomic E-state index is 11.1. The maximum absolute atomic E-state index is 11.1. The van der Waals surface area contributed by atoms with E-state index >= 15 is 0 Å². The largest absolute Gasteiger partial charge is 1.00 e. The van der Waals surface area contributed by atoms with Crippen LogP contribution in [0.25, 0.3) is 0 Å². The van der Waals surface area contributed by atoms with Gasteiger partial charge in [-0.25, -0.2) is 8.42 Å². The number of aliphatic hydroxyl groups is 1. The minimum Gasteiger partial charge on any atom is -0.748 e. The van der Waals surface area contributed by atoms with Crippen LogP contribution in [0.15, 0.2) is 0 Å². The van der Waals surface area contributed by atoms with E-state index in [9.17, 15) is 18.1 Å². The molecule has 0 heterocycles. The molecule has 4 nitrogen and oxygen atoms in total. The molecule has 0 aromatic rings. The number of rotatable bonds is 21. The molecule has 2 atom stereocenters. The molecule has 0 aliphatic rings. The van der Waals surface area contributed by atoms with Crippen LogP contribution in [0, 0.1) is 0 Å². The van der Waals surface area contributed by atoms with E-state index in [2.05, 4.69) is 6.92 Å². The summed E-state index contributed by atoms with van der Waals surface area (Å²) >= 11 is 0. The van der Waals surface area contributed by atoms with Crippen molar-refractivity contribution in [3.05, 3.63) is 0 Å². The Hall–Kier alpha value is 0.870. The zero-order chi connectivity index (χ0) is 21.1. The van der Waals surface area contributed by atoms with Gasteiger partial charge in [0.2, 0.25) is 0 Å². The topological polar surface area (TPSA) is 77.4 Å². The van der Waals surface area contributed by atoms with Gasteiger partial charge in [0.15, 0.2) is 0 Å². The molecular weight excluding hydrogens is 395 g/mol. The molecule has 0 fully saturated rings. The molecule has 0 aromatic carbocycles. The first-order valence-corrected chi connectivity index (χ1v) is 13.5. The van der Waals surface area contributed by atoms with Gasteiger partial charge in [0.25, 0.3) is 0 Å². The van der Waals surface area contributed by atoms with Crippen molar-refractivity contribution in [1.29, 1.82) is 0 Å². The summed E-state index contributed by atoms with van der Waals surface area (Å²) in [5.41, 5.74) is 0. The van der Waals surface area contributed by atoms with Crippen molar-refractivity contribution in [2.75, 3.05) is 0 Å². The molecule has 0 saturated carbocycles. The van der Waals surface area contributed by atoms with Gasteiger partial charge < -0.3 is 9.66 Å². The molecule has 0 amide bonds. The van der Waals surface area contributed by atoms with Gasteiger partial charge in [-0.15, -0.1) is 0 Å². The van der Waals surface area contributed by atoms with Gasteiger partial charge in [0, 0.05) is 0 Å². The Balaban J connectivity index is 0. The monoisotopic (exact) mass is 442 g/mol. The molecule has 6 heteroatoms. The zero-order valence-corrected chi connectivity index (χ0v) is 22.5. The zero-order valence-electron chi connectivity index (χ0n) is 19.7. The minimum absolute atomic E-state index is 0. The number of hydrogen-bond donors (Lipinski definition) is 1. The average molecular weight is 443 g/mol. The van der Waals surface area contributed by atoms with Crippen LogP contribution in [0.1, 0.15) is 136 Å². The van der Waals surface area contributed by atoms with Crippen molar-refractivity contribution in [2.45, 2.75) is 147 Å². The Morgan fingerprint density at radius 1 is 0.690 bits per heavy atom. The minimum atomic E-state index is -4.28.